The molecule has 0 saturated heterocycles. The molecule has 0 amide bonds. The molecule has 0 fully saturated rings. The number of hydrogen-bond acceptors (Lipinski definition) is 4. The molecule has 0 aromatic heterocycles. The molecule has 0 aliphatic carbocycles. The van der Waals surface area contributed by atoms with Gasteiger partial charge in [0.1, 0.15) is 5.82 Å². The molecule has 4 nitrogen and oxygen atoms in total. The Morgan fingerprint density at radius 2 is 2.00 bits per heavy atom. The third-order valence-corrected chi connectivity index (χ3v) is 1.88. The first kappa shape index (κ1) is 16.8. The minimum atomic E-state index is -1.13. The predicted molar refractivity (Wildman–Crippen MR) is 56.0 cm³/mol. The van der Waals surface area contributed by atoms with Crippen LogP contribution in [0.1, 0.15) is 12.5 Å². The van der Waals surface area contributed by atoms with Gasteiger partial charge in [-0.25, -0.2) is 9.18 Å². The van der Waals surface area contributed by atoms with Crippen molar-refractivity contribution in [3.63, 3.8) is 0 Å². The summed E-state index contributed by atoms with van der Waals surface area (Å²) in [4.78, 5) is 22.1. The first-order valence-corrected chi connectivity index (χ1v) is 4.91. The van der Waals surface area contributed by atoms with E-state index in [9.17, 15) is 19.1 Å². The average molecular weight is 260 g/mol. The van der Waals surface area contributed by atoms with Crippen molar-refractivity contribution in [2.24, 2.45) is 0 Å². The molecule has 0 aliphatic rings. The molecule has 90 valence electrons. The van der Waals surface area contributed by atoms with Gasteiger partial charge in [0.15, 0.2) is 0 Å². The normalized spacial score (nSPS) is 10.4. The van der Waals surface area contributed by atoms with Gasteiger partial charge in [-0.15, -0.1) is 0 Å². The van der Waals surface area contributed by atoms with Crippen molar-refractivity contribution in [2.75, 3.05) is 6.61 Å². The first-order valence-electron chi connectivity index (χ1n) is 4.91. The van der Waals surface area contributed by atoms with Crippen LogP contribution in [0.25, 0.3) is 5.76 Å². The molecule has 0 unspecified atom stereocenters. The molecular formula is C12H10FNaO4. The maximum atomic E-state index is 13.2. The summed E-state index contributed by atoms with van der Waals surface area (Å²) in [5.41, 5.74) is -0.259. The van der Waals surface area contributed by atoms with E-state index in [1.807, 2.05) is 0 Å². The Hall–Kier alpha value is -1.17. The summed E-state index contributed by atoms with van der Waals surface area (Å²) in [5, 5.41) is 11.5. The Morgan fingerprint density at radius 1 is 1.39 bits per heavy atom. The van der Waals surface area contributed by atoms with Crippen LogP contribution >= 0.6 is 0 Å². The van der Waals surface area contributed by atoms with Crippen LogP contribution in [-0.4, -0.2) is 18.4 Å². The second-order valence-corrected chi connectivity index (χ2v) is 3.07. The van der Waals surface area contributed by atoms with Gasteiger partial charge in [-0.05, 0) is 19.1 Å². The molecule has 1 rings (SSSR count). The molecule has 0 N–H and O–H groups in total. The van der Waals surface area contributed by atoms with Gasteiger partial charge < -0.3 is 9.84 Å². The van der Waals surface area contributed by atoms with Gasteiger partial charge in [0, 0.05) is 5.56 Å². The second kappa shape index (κ2) is 8.02. The standard InChI is InChI=1S/C12H11FO4.Na/c1-2-17-12(16)11(15)7-10(14)8-5-3-4-6-9(8)13;/h3-7,14H,2H2,1H3;/q;+1/p-1/b10-7-;. The largest absolute Gasteiger partial charge is 1.00 e. The fourth-order valence-electron chi connectivity index (χ4n) is 1.12. The van der Waals surface area contributed by atoms with Crippen molar-refractivity contribution in [2.45, 2.75) is 6.92 Å². The monoisotopic (exact) mass is 260 g/mol. The number of hydrogen-bond donors (Lipinski definition) is 0. The van der Waals surface area contributed by atoms with E-state index in [0.29, 0.717) is 6.08 Å². The predicted octanol–water partition coefficient (Wildman–Crippen LogP) is -2.34. The Morgan fingerprint density at radius 3 is 2.56 bits per heavy atom. The molecule has 0 bridgehead atoms. The number of ketones is 1. The molecule has 1 aromatic carbocycles. The molecule has 18 heavy (non-hydrogen) atoms. The summed E-state index contributed by atoms with van der Waals surface area (Å²) < 4.78 is 17.6. The van der Waals surface area contributed by atoms with E-state index in [2.05, 4.69) is 4.74 Å². The van der Waals surface area contributed by atoms with Gasteiger partial charge in [0.05, 0.1) is 6.61 Å². The van der Waals surface area contributed by atoms with Crippen LogP contribution in [0.15, 0.2) is 30.3 Å². The van der Waals surface area contributed by atoms with Crippen molar-refractivity contribution in [3.8, 4) is 0 Å². The molecular weight excluding hydrogens is 250 g/mol. The Kier molecular flexibility index (Phi) is 7.50. The minimum Gasteiger partial charge on any atom is -0.872 e. The van der Waals surface area contributed by atoms with E-state index < -0.39 is 23.3 Å². The van der Waals surface area contributed by atoms with Crippen LogP contribution in [-0.2, 0) is 14.3 Å². The van der Waals surface area contributed by atoms with E-state index in [-0.39, 0.29) is 41.7 Å². The zero-order valence-electron chi connectivity index (χ0n) is 10.1. The number of halogens is 1. The molecule has 0 atom stereocenters. The molecule has 0 saturated carbocycles. The van der Waals surface area contributed by atoms with Crippen molar-refractivity contribution >= 4 is 17.5 Å². The van der Waals surface area contributed by atoms with Gasteiger partial charge in [-0.3, -0.25) is 4.79 Å². The summed E-state index contributed by atoms with van der Waals surface area (Å²) in [6.45, 7) is 1.57. The van der Waals surface area contributed by atoms with E-state index in [1.165, 1.54) is 25.1 Å². The quantitative estimate of drug-likeness (QED) is 0.200. The topological polar surface area (TPSA) is 66.4 Å². The van der Waals surface area contributed by atoms with E-state index in [0.717, 1.165) is 6.07 Å². The fourth-order valence-corrected chi connectivity index (χ4v) is 1.12. The molecule has 6 heteroatoms. The van der Waals surface area contributed by atoms with Crippen molar-refractivity contribution in [3.05, 3.63) is 41.7 Å². The fraction of sp³-hybridized carbons (Fsp3) is 0.167. The molecule has 0 aliphatic heterocycles. The maximum Gasteiger partial charge on any atom is 1.00 e. The van der Waals surface area contributed by atoms with Gasteiger partial charge in [0.25, 0.3) is 5.78 Å². The SMILES string of the molecule is CCOC(=O)C(=O)/C=C(\[O-])c1ccccc1F.[Na+]. The number of carbonyl (C=O) groups excluding carboxylic acids is 2. The van der Waals surface area contributed by atoms with Crippen LogP contribution in [0, 0.1) is 5.82 Å². The zero-order chi connectivity index (χ0) is 12.8. The summed E-state index contributed by atoms with van der Waals surface area (Å²) >= 11 is 0. The van der Waals surface area contributed by atoms with Crippen LogP contribution in [0.2, 0.25) is 0 Å². The Bertz CT molecular complexity index is 471. The van der Waals surface area contributed by atoms with Gasteiger partial charge >= 0.3 is 35.5 Å². The summed E-state index contributed by atoms with van der Waals surface area (Å²) in [5.74, 6) is -3.83. The smallest absolute Gasteiger partial charge is 0.872 e. The van der Waals surface area contributed by atoms with Crippen LogP contribution < -0.4 is 34.7 Å². The van der Waals surface area contributed by atoms with E-state index in [4.69, 9.17) is 0 Å². The average Bonchev–Trinajstić information content (AvgIpc) is 2.29. The summed E-state index contributed by atoms with van der Waals surface area (Å²) in [6.07, 6.45) is 0.524. The Balaban J connectivity index is 0.00000289. The molecule has 0 heterocycles. The van der Waals surface area contributed by atoms with Crippen molar-refractivity contribution < 1.29 is 53.4 Å². The zero-order valence-corrected chi connectivity index (χ0v) is 12.1. The van der Waals surface area contributed by atoms with E-state index >= 15 is 0 Å². The van der Waals surface area contributed by atoms with Crippen LogP contribution in [0.4, 0.5) is 4.39 Å². The third kappa shape index (κ3) is 4.60. The van der Waals surface area contributed by atoms with Gasteiger partial charge in [-0.1, -0.05) is 24.0 Å². The minimum absolute atomic E-state index is 0. The van der Waals surface area contributed by atoms with Crippen LogP contribution in [0.5, 0.6) is 0 Å². The molecule has 1 aromatic rings. The van der Waals surface area contributed by atoms with Gasteiger partial charge in [0.2, 0.25) is 0 Å². The second-order valence-electron chi connectivity index (χ2n) is 3.07. The molecule has 0 spiro atoms. The Labute approximate surface area is 126 Å². The van der Waals surface area contributed by atoms with Crippen molar-refractivity contribution in [1.29, 1.82) is 0 Å². The van der Waals surface area contributed by atoms with Gasteiger partial charge in [-0.2, -0.15) is 0 Å². The summed E-state index contributed by atoms with van der Waals surface area (Å²) in [7, 11) is 0. The van der Waals surface area contributed by atoms with E-state index in [1.54, 1.807) is 0 Å². The summed E-state index contributed by atoms with van der Waals surface area (Å²) in [6, 6.07) is 5.20. The van der Waals surface area contributed by atoms with Crippen LogP contribution in [0.3, 0.4) is 0 Å². The number of ether oxygens (including phenoxy) is 1. The number of benzene rings is 1. The first-order chi connectivity index (χ1) is 8.06. The number of rotatable bonds is 4. The third-order valence-electron chi connectivity index (χ3n) is 1.88. The van der Waals surface area contributed by atoms with Crippen molar-refractivity contribution in [1.82, 2.24) is 0 Å². The number of esters is 1. The number of carbonyl (C=O) groups is 2. The maximum absolute atomic E-state index is 13.2. The molecule has 0 radical (unpaired) electrons.